The van der Waals surface area contributed by atoms with Crippen LogP contribution in [-0.2, 0) is 5.54 Å². The van der Waals surface area contributed by atoms with Crippen LogP contribution in [0.3, 0.4) is 0 Å². The number of aromatic nitrogens is 3. The summed E-state index contributed by atoms with van der Waals surface area (Å²) in [6.07, 6.45) is 5.83. The van der Waals surface area contributed by atoms with Crippen LogP contribution in [0.25, 0.3) is 0 Å². The van der Waals surface area contributed by atoms with Crippen molar-refractivity contribution in [1.29, 1.82) is 0 Å². The highest BCUT2D eigenvalue weighted by Crippen LogP contribution is 2.27. The molecule has 5 heteroatoms. The van der Waals surface area contributed by atoms with Crippen LogP contribution in [0.1, 0.15) is 12.8 Å². The molecule has 0 amide bonds. The van der Waals surface area contributed by atoms with Gasteiger partial charge in [0.25, 0.3) is 0 Å². The van der Waals surface area contributed by atoms with Crippen LogP contribution in [0.15, 0.2) is 12.4 Å². The van der Waals surface area contributed by atoms with Gasteiger partial charge in [-0.15, -0.1) is 5.10 Å². The minimum absolute atomic E-state index is 0.0882. The van der Waals surface area contributed by atoms with Gasteiger partial charge in [0, 0.05) is 11.9 Å². The van der Waals surface area contributed by atoms with E-state index in [0.29, 0.717) is 0 Å². The number of thiol groups is 1. The van der Waals surface area contributed by atoms with E-state index >= 15 is 0 Å². The Bertz CT molecular complexity index is 253. The molecule has 0 unspecified atom stereocenters. The molecule has 1 N–H and O–H groups in total. The quantitative estimate of drug-likeness (QED) is 0.671. The molecule has 1 aliphatic heterocycles. The highest BCUT2D eigenvalue weighted by molar-refractivity contribution is 7.80. The van der Waals surface area contributed by atoms with E-state index in [4.69, 9.17) is 0 Å². The molecule has 1 fully saturated rings. The van der Waals surface area contributed by atoms with Gasteiger partial charge in [0.05, 0.1) is 11.7 Å². The summed E-state index contributed by atoms with van der Waals surface area (Å²) in [6.45, 7) is 2.08. The van der Waals surface area contributed by atoms with Crippen molar-refractivity contribution in [3.8, 4) is 0 Å². The molecule has 0 atom stereocenters. The van der Waals surface area contributed by atoms with Crippen molar-refractivity contribution in [1.82, 2.24) is 20.3 Å². The van der Waals surface area contributed by atoms with Crippen molar-refractivity contribution < 1.29 is 0 Å². The molecule has 0 radical (unpaired) electrons. The van der Waals surface area contributed by atoms with Gasteiger partial charge in [-0.2, -0.15) is 12.6 Å². The molecule has 1 aromatic heterocycles. The van der Waals surface area contributed by atoms with E-state index in [1.165, 1.54) is 0 Å². The third-order valence-corrected chi connectivity index (χ3v) is 3.33. The number of hydrogen-bond donors (Lipinski definition) is 2. The Hall–Kier alpha value is -0.550. The van der Waals surface area contributed by atoms with Crippen LogP contribution in [0, 0.1) is 0 Å². The van der Waals surface area contributed by atoms with E-state index in [0.717, 1.165) is 31.7 Å². The Morgan fingerprint density at radius 3 is 2.77 bits per heavy atom. The van der Waals surface area contributed by atoms with Crippen LogP contribution in [0.4, 0.5) is 0 Å². The van der Waals surface area contributed by atoms with E-state index in [2.05, 4.69) is 28.3 Å². The summed E-state index contributed by atoms with van der Waals surface area (Å²) in [7, 11) is 0. The Labute approximate surface area is 83.1 Å². The van der Waals surface area contributed by atoms with E-state index in [9.17, 15) is 0 Å². The lowest BCUT2D eigenvalue weighted by Gasteiger charge is -2.36. The largest absolute Gasteiger partial charge is 0.317 e. The number of hydrogen-bond acceptors (Lipinski definition) is 4. The van der Waals surface area contributed by atoms with Crippen LogP contribution >= 0.6 is 12.6 Å². The summed E-state index contributed by atoms with van der Waals surface area (Å²) < 4.78 is 1.96. The maximum Gasteiger partial charge on any atom is 0.0756 e. The fourth-order valence-electron chi connectivity index (χ4n) is 1.81. The molecule has 2 heterocycles. The van der Waals surface area contributed by atoms with E-state index in [1.807, 2.05) is 10.9 Å². The molecule has 0 bridgehead atoms. The predicted octanol–water partition coefficient (Wildman–Crippen LogP) is 0.287. The molecule has 0 spiro atoms. The standard InChI is InChI=1S/C8H14N4S/c13-7-8(1-3-9-4-2-8)12-6-5-10-11-12/h5-6,9,13H,1-4,7H2. The molecule has 4 nitrogen and oxygen atoms in total. The van der Waals surface area contributed by atoms with Crippen LogP contribution in [-0.4, -0.2) is 33.8 Å². The minimum atomic E-state index is 0.0882. The predicted molar refractivity (Wildman–Crippen MR) is 54.0 cm³/mol. The average molecular weight is 198 g/mol. The van der Waals surface area contributed by atoms with Gasteiger partial charge in [0.15, 0.2) is 0 Å². The highest BCUT2D eigenvalue weighted by Gasteiger charge is 2.33. The fourth-order valence-corrected chi connectivity index (χ4v) is 2.27. The Morgan fingerprint density at radius 2 is 2.23 bits per heavy atom. The van der Waals surface area contributed by atoms with E-state index in [1.54, 1.807) is 6.20 Å². The maximum atomic E-state index is 4.42. The molecule has 0 aromatic carbocycles. The summed E-state index contributed by atoms with van der Waals surface area (Å²) in [4.78, 5) is 0. The molecule has 2 rings (SSSR count). The zero-order chi connectivity index (χ0) is 9.15. The topological polar surface area (TPSA) is 42.7 Å². The third kappa shape index (κ3) is 1.58. The lowest BCUT2D eigenvalue weighted by molar-refractivity contribution is 0.212. The molecule has 72 valence electrons. The van der Waals surface area contributed by atoms with Gasteiger partial charge < -0.3 is 5.32 Å². The van der Waals surface area contributed by atoms with Crippen molar-refractivity contribution in [2.75, 3.05) is 18.8 Å². The van der Waals surface area contributed by atoms with Crippen molar-refractivity contribution >= 4 is 12.6 Å². The SMILES string of the molecule is SCC1(n2ccnn2)CCNCC1. The smallest absolute Gasteiger partial charge is 0.0756 e. The van der Waals surface area contributed by atoms with Gasteiger partial charge in [-0.1, -0.05) is 5.21 Å². The molecule has 13 heavy (non-hydrogen) atoms. The fraction of sp³-hybridized carbons (Fsp3) is 0.750. The second-order valence-corrected chi connectivity index (χ2v) is 3.80. The first-order valence-corrected chi connectivity index (χ1v) is 5.19. The average Bonchev–Trinajstić information content (AvgIpc) is 2.72. The number of rotatable bonds is 2. The second kappa shape index (κ2) is 3.67. The zero-order valence-corrected chi connectivity index (χ0v) is 8.37. The molecule has 1 aromatic rings. The first-order chi connectivity index (χ1) is 6.37. The van der Waals surface area contributed by atoms with Gasteiger partial charge >= 0.3 is 0 Å². The maximum absolute atomic E-state index is 4.42. The third-order valence-electron chi connectivity index (χ3n) is 2.74. The Morgan fingerprint density at radius 1 is 1.46 bits per heavy atom. The normalized spacial score (nSPS) is 21.6. The molecule has 0 saturated carbocycles. The molecule has 1 saturated heterocycles. The van der Waals surface area contributed by atoms with Crippen molar-refractivity contribution in [3.63, 3.8) is 0 Å². The Balaban J connectivity index is 2.23. The van der Waals surface area contributed by atoms with Crippen molar-refractivity contribution in [2.24, 2.45) is 0 Å². The summed E-state index contributed by atoms with van der Waals surface area (Å²) in [5.74, 6) is 0.831. The van der Waals surface area contributed by atoms with Crippen molar-refractivity contribution in [2.45, 2.75) is 18.4 Å². The van der Waals surface area contributed by atoms with Gasteiger partial charge in [-0.3, -0.25) is 0 Å². The molecular weight excluding hydrogens is 184 g/mol. The number of nitrogens with one attached hydrogen (secondary N) is 1. The lowest BCUT2D eigenvalue weighted by Crippen LogP contribution is -2.46. The first kappa shape index (κ1) is 9.02. The van der Waals surface area contributed by atoms with E-state index < -0.39 is 0 Å². The van der Waals surface area contributed by atoms with Crippen LogP contribution < -0.4 is 5.32 Å². The summed E-state index contributed by atoms with van der Waals surface area (Å²) in [5.41, 5.74) is 0.0882. The zero-order valence-electron chi connectivity index (χ0n) is 7.48. The van der Waals surface area contributed by atoms with Crippen molar-refractivity contribution in [3.05, 3.63) is 12.4 Å². The van der Waals surface area contributed by atoms with Gasteiger partial charge in [-0.25, -0.2) is 4.68 Å². The van der Waals surface area contributed by atoms with Gasteiger partial charge in [-0.05, 0) is 25.9 Å². The molecular formula is C8H14N4S. The summed E-state index contributed by atoms with van der Waals surface area (Å²) >= 11 is 4.42. The van der Waals surface area contributed by atoms with Gasteiger partial charge in [0.1, 0.15) is 0 Å². The number of nitrogens with zero attached hydrogens (tertiary/aromatic N) is 3. The Kier molecular flexibility index (Phi) is 2.55. The molecule has 0 aliphatic carbocycles. The first-order valence-electron chi connectivity index (χ1n) is 4.56. The van der Waals surface area contributed by atoms with E-state index in [-0.39, 0.29) is 5.54 Å². The second-order valence-electron chi connectivity index (χ2n) is 3.48. The molecule has 1 aliphatic rings. The summed E-state index contributed by atoms with van der Waals surface area (Å²) in [6, 6.07) is 0. The van der Waals surface area contributed by atoms with Gasteiger partial charge in [0.2, 0.25) is 0 Å². The lowest BCUT2D eigenvalue weighted by atomic mass is 9.90. The highest BCUT2D eigenvalue weighted by atomic mass is 32.1. The minimum Gasteiger partial charge on any atom is -0.317 e. The number of piperidine rings is 1. The monoisotopic (exact) mass is 198 g/mol. The van der Waals surface area contributed by atoms with Crippen LogP contribution in [0.2, 0.25) is 0 Å². The van der Waals surface area contributed by atoms with Crippen LogP contribution in [0.5, 0.6) is 0 Å². The summed E-state index contributed by atoms with van der Waals surface area (Å²) in [5, 5.41) is 11.3.